The molecule has 4 nitrogen and oxygen atoms in total. The number of aromatic nitrogens is 3. The minimum atomic E-state index is -0.825. The van der Waals surface area contributed by atoms with E-state index in [1.807, 2.05) is 42.5 Å². The van der Waals surface area contributed by atoms with Crippen molar-refractivity contribution in [2.45, 2.75) is 6.10 Å². The van der Waals surface area contributed by atoms with E-state index in [1.54, 1.807) is 23.0 Å². The summed E-state index contributed by atoms with van der Waals surface area (Å²) in [4.78, 5) is 0. The van der Waals surface area contributed by atoms with Crippen molar-refractivity contribution in [3.8, 4) is 5.69 Å². The Hall–Kier alpha value is -2.17. The molecule has 1 aromatic heterocycles. The van der Waals surface area contributed by atoms with Crippen LogP contribution in [0.4, 0.5) is 0 Å². The Morgan fingerprint density at radius 3 is 2.40 bits per heavy atom. The number of hydrogen-bond acceptors (Lipinski definition) is 3. The molecule has 0 aliphatic heterocycles. The summed E-state index contributed by atoms with van der Waals surface area (Å²) < 4.78 is 1.74. The monoisotopic (exact) mass is 285 g/mol. The highest BCUT2D eigenvalue weighted by atomic mass is 35.5. The molecule has 20 heavy (non-hydrogen) atoms. The van der Waals surface area contributed by atoms with E-state index in [0.29, 0.717) is 10.8 Å². The molecule has 5 heteroatoms. The average molecular weight is 286 g/mol. The van der Waals surface area contributed by atoms with Crippen molar-refractivity contribution in [3.63, 3.8) is 0 Å². The van der Waals surface area contributed by atoms with Crippen LogP contribution in [-0.4, -0.2) is 19.9 Å². The van der Waals surface area contributed by atoms with E-state index in [4.69, 9.17) is 11.6 Å². The van der Waals surface area contributed by atoms with Crippen LogP contribution in [0, 0.1) is 0 Å². The molecule has 1 N–H and O–H groups in total. The standard InChI is InChI=1S/C15H12ClN3O/c16-12-6-8-13(9-7-12)19-10-17-18-15(19)14(20)11-4-2-1-3-5-11/h1-10,14,20H/t14-/m0/s1. The average Bonchev–Trinajstić information content (AvgIpc) is 2.97. The number of rotatable bonds is 3. The molecule has 0 radical (unpaired) electrons. The molecule has 0 unspecified atom stereocenters. The molecule has 0 spiro atoms. The number of benzene rings is 2. The molecule has 0 fully saturated rings. The minimum Gasteiger partial charge on any atom is -0.380 e. The lowest BCUT2D eigenvalue weighted by Crippen LogP contribution is -2.08. The Morgan fingerprint density at radius 1 is 1.00 bits per heavy atom. The number of aliphatic hydroxyl groups is 1. The third kappa shape index (κ3) is 2.43. The molecule has 3 aromatic rings. The van der Waals surface area contributed by atoms with Gasteiger partial charge in [-0.15, -0.1) is 10.2 Å². The highest BCUT2D eigenvalue weighted by Gasteiger charge is 2.17. The first-order chi connectivity index (χ1) is 9.75. The van der Waals surface area contributed by atoms with Crippen LogP contribution in [0.5, 0.6) is 0 Å². The predicted octanol–water partition coefficient (Wildman–Crippen LogP) is 3.00. The summed E-state index contributed by atoms with van der Waals surface area (Å²) in [6.07, 6.45) is 0.749. The van der Waals surface area contributed by atoms with Crippen LogP contribution in [-0.2, 0) is 0 Å². The van der Waals surface area contributed by atoms with Crippen LogP contribution < -0.4 is 0 Å². The molecule has 1 heterocycles. The third-order valence-corrected chi connectivity index (χ3v) is 3.29. The smallest absolute Gasteiger partial charge is 0.170 e. The maximum absolute atomic E-state index is 10.4. The van der Waals surface area contributed by atoms with E-state index >= 15 is 0 Å². The van der Waals surface area contributed by atoms with Crippen LogP contribution in [0.25, 0.3) is 5.69 Å². The van der Waals surface area contributed by atoms with E-state index < -0.39 is 6.10 Å². The number of halogens is 1. The maximum atomic E-state index is 10.4. The second-order valence-corrected chi connectivity index (χ2v) is 4.79. The topological polar surface area (TPSA) is 50.9 Å². The first kappa shape index (κ1) is 12.8. The molecule has 2 aromatic carbocycles. The fourth-order valence-electron chi connectivity index (χ4n) is 2.02. The third-order valence-electron chi connectivity index (χ3n) is 3.04. The second kappa shape index (κ2) is 5.45. The molecule has 0 amide bonds. The van der Waals surface area contributed by atoms with Gasteiger partial charge in [0.25, 0.3) is 0 Å². The van der Waals surface area contributed by atoms with Gasteiger partial charge in [-0.05, 0) is 29.8 Å². The molecule has 0 saturated heterocycles. The zero-order valence-corrected chi connectivity index (χ0v) is 11.3. The highest BCUT2D eigenvalue weighted by Crippen LogP contribution is 2.22. The summed E-state index contributed by atoms with van der Waals surface area (Å²) in [5.74, 6) is 0.471. The number of hydrogen-bond donors (Lipinski definition) is 1. The summed E-state index contributed by atoms with van der Waals surface area (Å²) >= 11 is 5.88. The highest BCUT2D eigenvalue weighted by molar-refractivity contribution is 6.30. The molecule has 100 valence electrons. The van der Waals surface area contributed by atoms with Gasteiger partial charge < -0.3 is 5.11 Å². The zero-order chi connectivity index (χ0) is 13.9. The van der Waals surface area contributed by atoms with Crippen molar-refractivity contribution in [3.05, 3.63) is 77.3 Å². The Bertz CT molecular complexity index is 695. The van der Waals surface area contributed by atoms with E-state index in [9.17, 15) is 5.11 Å². The summed E-state index contributed by atoms with van der Waals surface area (Å²) in [6.45, 7) is 0. The molecular formula is C15H12ClN3O. The van der Waals surface area contributed by atoms with Crippen molar-refractivity contribution < 1.29 is 5.11 Å². The Balaban J connectivity index is 2.00. The summed E-state index contributed by atoms with van der Waals surface area (Å²) in [6, 6.07) is 16.6. The lowest BCUT2D eigenvalue weighted by Gasteiger charge is -2.12. The van der Waals surface area contributed by atoms with E-state index in [1.165, 1.54) is 0 Å². The Labute approximate surface area is 121 Å². The number of nitrogens with zero attached hydrogens (tertiary/aromatic N) is 3. The van der Waals surface area contributed by atoms with Gasteiger partial charge in [0, 0.05) is 10.7 Å². The quantitative estimate of drug-likeness (QED) is 0.805. The second-order valence-electron chi connectivity index (χ2n) is 4.35. The lowest BCUT2D eigenvalue weighted by atomic mass is 10.1. The largest absolute Gasteiger partial charge is 0.380 e. The predicted molar refractivity (Wildman–Crippen MR) is 76.9 cm³/mol. The summed E-state index contributed by atoms with van der Waals surface area (Å²) in [5, 5.41) is 19.0. The van der Waals surface area contributed by atoms with Crippen molar-refractivity contribution in [2.24, 2.45) is 0 Å². The van der Waals surface area contributed by atoms with E-state index in [2.05, 4.69) is 10.2 Å². The van der Waals surface area contributed by atoms with Crippen molar-refractivity contribution in [1.29, 1.82) is 0 Å². The van der Waals surface area contributed by atoms with Gasteiger partial charge in [-0.3, -0.25) is 4.57 Å². The van der Waals surface area contributed by atoms with Gasteiger partial charge in [0.1, 0.15) is 12.4 Å². The normalized spacial score (nSPS) is 12.3. The van der Waals surface area contributed by atoms with Gasteiger partial charge in [-0.25, -0.2) is 0 Å². The van der Waals surface area contributed by atoms with Gasteiger partial charge in [0.05, 0.1) is 0 Å². The van der Waals surface area contributed by atoms with Crippen LogP contribution >= 0.6 is 11.6 Å². The fraction of sp³-hybridized carbons (Fsp3) is 0.0667. The van der Waals surface area contributed by atoms with Gasteiger partial charge in [0.2, 0.25) is 0 Å². The molecular weight excluding hydrogens is 274 g/mol. The summed E-state index contributed by atoms with van der Waals surface area (Å²) in [7, 11) is 0. The minimum absolute atomic E-state index is 0.471. The van der Waals surface area contributed by atoms with Gasteiger partial charge in [0.15, 0.2) is 5.82 Å². The fourth-order valence-corrected chi connectivity index (χ4v) is 2.14. The van der Waals surface area contributed by atoms with Crippen molar-refractivity contribution in [2.75, 3.05) is 0 Å². The first-order valence-corrected chi connectivity index (χ1v) is 6.52. The van der Waals surface area contributed by atoms with Gasteiger partial charge in [-0.1, -0.05) is 41.9 Å². The molecule has 0 saturated carbocycles. The zero-order valence-electron chi connectivity index (χ0n) is 10.5. The van der Waals surface area contributed by atoms with Crippen LogP contribution in [0.1, 0.15) is 17.5 Å². The molecule has 1 atom stereocenters. The molecule has 0 aliphatic carbocycles. The maximum Gasteiger partial charge on any atom is 0.170 e. The molecule has 0 bridgehead atoms. The Morgan fingerprint density at radius 2 is 1.70 bits per heavy atom. The van der Waals surface area contributed by atoms with Crippen LogP contribution in [0.2, 0.25) is 5.02 Å². The van der Waals surface area contributed by atoms with Crippen LogP contribution in [0.3, 0.4) is 0 Å². The van der Waals surface area contributed by atoms with E-state index in [-0.39, 0.29) is 0 Å². The van der Waals surface area contributed by atoms with Gasteiger partial charge in [-0.2, -0.15) is 0 Å². The molecule has 0 aliphatic rings. The van der Waals surface area contributed by atoms with Gasteiger partial charge >= 0.3 is 0 Å². The number of aliphatic hydroxyl groups excluding tert-OH is 1. The lowest BCUT2D eigenvalue weighted by molar-refractivity contribution is 0.207. The summed E-state index contributed by atoms with van der Waals surface area (Å²) in [5.41, 5.74) is 1.63. The Kier molecular flexibility index (Phi) is 3.50. The van der Waals surface area contributed by atoms with Crippen molar-refractivity contribution >= 4 is 11.6 Å². The van der Waals surface area contributed by atoms with Crippen LogP contribution in [0.15, 0.2) is 60.9 Å². The first-order valence-electron chi connectivity index (χ1n) is 6.14. The SMILES string of the molecule is O[C@@H](c1ccccc1)c1nncn1-c1ccc(Cl)cc1. The van der Waals surface area contributed by atoms with Crippen molar-refractivity contribution in [1.82, 2.24) is 14.8 Å². The molecule has 3 rings (SSSR count). The van der Waals surface area contributed by atoms with E-state index in [0.717, 1.165) is 11.3 Å².